The van der Waals surface area contributed by atoms with E-state index >= 15 is 0 Å². The standard InChI is InChI=1S/C27H37N5O3/c1-4-8-20(3)19-32(22-16-21(17-28-18-22)26(33)30-12-14-35-15-13-30)27(34)25-29-23-9-6-7-10-24(23)31(25)11-5-2/h6-10,20-22,28H,1,5,11-19H2,2-3H3/p+1/t20?,21?,22-/m0/s1. The first-order valence-corrected chi connectivity index (χ1v) is 12.8. The summed E-state index contributed by atoms with van der Waals surface area (Å²) in [6.45, 7) is 13.1. The molecule has 2 amide bonds. The van der Waals surface area contributed by atoms with Crippen LogP contribution in [0, 0.1) is 11.8 Å². The highest BCUT2D eigenvalue weighted by Gasteiger charge is 2.39. The Hall–Kier alpha value is -2.77. The molecule has 0 radical (unpaired) electrons. The van der Waals surface area contributed by atoms with Gasteiger partial charge >= 0.3 is 5.91 Å². The van der Waals surface area contributed by atoms with Gasteiger partial charge in [0.2, 0.25) is 0 Å². The van der Waals surface area contributed by atoms with Crippen LogP contribution in [0.15, 0.2) is 42.7 Å². The van der Waals surface area contributed by atoms with Crippen LogP contribution in [0.4, 0.5) is 0 Å². The van der Waals surface area contributed by atoms with Crippen molar-refractivity contribution >= 4 is 22.8 Å². The van der Waals surface area contributed by atoms with Crippen molar-refractivity contribution in [2.24, 2.45) is 11.8 Å². The fourth-order valence-electron chi connectivity index (χ4n) is 5.29. The molecule has 4 rings (SSSR count). The maximum Gasteiger partial charge on any atom is 0.316 e. The normalized spacial score (nSPS) is 21.9. The predicted octanol–water partition coefficient (Wildman–Crippen LogP) is 1.29. The van der Waals surface area contributed by atoms with Gasteiger partial charge in [0.25, 0.3) is 5.91 Å². The molecule has 3 atom stereocenters. The lowest BCUT2D eigenvalue weighted by atomic mass is 9.92. The van der Waals surface area contributed by atoms with Crippen LogP contribution in [0.1, 0.15) is 37.3 Å². The van der Waals surface area contributed by atoms with E-state index in [4.69, 9.17) is 9.72 Å². The monoisotopic (exact) mass is 480 g/mol. The number of benzene rings is 1. The number of para-hydroxylation sites is 2. The number of carbonyl (C=O) groups is 2. The summed E-state index contributed by atoms with van der Waals surface area (Å²) in [7, 11) is 0. The highest BCUT2D eigenvalue weighted by molar-refractivity contribution is 5.95. The van der Waals surface area contributed by atoms with E-state index in [-0.39, 0.29) is 29.7 Å². The Bertz CT molecular complexity index is 1080. The zero-order valence-corrected chi connectivity index (χ0v) is 21.0. The second-order valence-electron chi connectivity index (χ2n) is 9.71. The summed E-state index contributed by atoms with van der Waals surface area (Å²) in [4.78, 5) is 35.0. The Morgan fingerprint density at radius 2 is 2.11 bits per heavy atom. The Morgan fingerprint density at radius 1 is 1.34 bits per heavy atom. The van der Waals surface area contributed by atoms with Gasteiger partial charge in [-0.25, -0.2) is 9.78 Å². The third-order valence-electron chi connectivity index (χ3n) is 7.02. The highest BCUT2D eigenvalue weighted by Crippen LogP contribution is 2.23. The second-order valence-corrected chi connectivity index (χ2v) is 9.71. The summed E-state index contributed by atoms with van der Waals surface area (Å²) in [5.74, 6) is 0.570. The smallest absolute Gasteiger partial charge is 0.316 e. The second kappa shape index (κ2) is 11.8. The number of aromatic nitrogens is 2. The summed E-state index contributed by atoms with van der Waals surface area (Å²) in [6.07, 6.45) is 3.45. The number of rotatable bonds is 8. The molecule has 0 saturated carbocycles. The molecular weight excluding hydrogens is 442 g/mol. The average molecular weight is 481 g/mol. The number of amides is 2. The summed E-state index contributed by atoms with van der Waals surface area (Å²) in [5, 5.41) is 3.44. The molecule has 2 aliphatic heterocycles. The largest absolute Gasteiger partial charge is 0.370 e. The van der Waals surface area contributed by atoms with Crippen molar-refractivity contribution in [3.8, 4) is 0 Å². The number of nitrogens with zero attached hydrogens (tertiary/aromatic N) is 3. The quantitative estimate of drug-likeness (QED) is 0.557. The molecule has 1 aromatic heterocycles. The van der Waals surface area contributed by atoms with E-state index in [1.807, 2.05) is 39.8 Å². The molecule has 2 saturated heterocycles. The van der Waals surface area contributed by atoms with Gasteiger partial charge < -0.3 is 19.5 Å². The number of aryl methyl sites for hydroxylation is 1. The lowest BCUT2D eigenvalue weighted by Crippen LogP contribution is -3.17. The molecule has 2 N–H and O–H groups in total. The van der Waals surface area contributed by atoms with Crippen LogP contribution in [0.2, 0.25) is 0 Å². The molecule has 8 heteroatoms. The summed E-state index contributed by atoms with van der Waals surface area (Å²) >= 11 is 0. The number of hydrogen-bond acceptors (Lipinski definition) is 5. The summed E-state index contributed by atoms with van der Waals surface area (Å²) in [5.41, 5.74) is 4.66. The molecule has 1 aromatic carbocycles. The Morgan fingerprint density at radius 3 is 2.86 bits per heavy atom. The molecule has 35 heavy (non-hydrogen) atoms. The molecule has 3 heterocycles. The van der Waals surface area contributed by atoms with E-state index < -0.39 is 0 Å². The molecule has 0 bridgehead atoms. The van der Waals surface area contributed by atoms with Crippen LogP contribution in [-0.2, 0) is 16.1 Å². The maximum absolute atomic E-state index is 14.1. The fourth-order valence-corrected chi connectivity index (χ4v) is 5.29. The zero-order valence-electron chi connectivity index (χ0n) is 21.0. The SMILES string of the molecule is C=C=CC(C)CN(C(=O)c1nc2ccccc2n1CCC)[C@@H]1CNCC(C(=O)[NH+]2CCOCC2)C1. The number of hydrogen-bond donors (Lipinski definition) is 2. The lowest BCUT2D eigenvalue weighted by Gasteiger charge is -2.38. The van der Waals surface area contributed by atoms with Crippen LogP contribution < -0.4 is 10.2 Å². The number of imidazole rings is 1. The van der Waals surface area contributed by atoms with Crippen molar-refractivity contribution < 1.29 is 19.2 Å². The fraction of sp³-hybridized carbons (Fsp3) is 0.556. The molecule has 188 valence electrons. The van der Waals surface area contributed by atoms with E-state index in [0.717, 1.165) is 28.9 Å². The molecule has 2 aromatic rings. The van der Waals surface area contributed by atoms with Crippen LogP contribution in [0.5, 0.6) is 0 Å². The Labute approximate surface area is 207 Å². The van der Waals surface area contributed by atoms with Crippen LogP contribution in [0.25, 0.3) is 11.0 Å². The first kappa shape index (κ1) is 25.3. The number of ether oxygens (including phenoxy) is 1. The lowest BCUT2D eigenvalue weighted by molar-refractivity contribution is -0.832. The molecule has 8 nitrogen and oxygen atoms in total. The topological polar surface area (TPSA) is 80.9 Å². The number of fused-ring (bicyclic) bond motifs is 1. The maximum atomic E-state index is 14.1. The number of nitrogens with one attached hydrogen (secondary N) is 2. The highest BCUT2D eigenvalue weighted by atomic mass is 16.5. The molecule has 2 unspecified atom stereocenters. The Balaban J connectivity index is 1.62. The van der Waals surface area contributed by atoms with Gasteiger partial charge in [-0.2, -0.15) is 0 Å². The first-order valence-electron chi connectivity index (χ1n) is 12.8. The van der Waals surface area contributed by atoms with Crippen LogP contribution >= 0.6 is 0 Å². The van der Waals surface area contributed by atoms with E-state index in [1.165, 1.54) is 0 Å². The van der Waals surface area contributed by atoms with Gasteiger partial charge in [-0.3, -0.25) is 9.69 Å². The molecule has 0 spiro atoms. The summed E-state index contributed by atoms with van der Waals surface area (Å²) in [6, 6.07) is 7.80. The van der Waals surface area contributed by atoms with Gasteiger partial charge in [-0.15, -0.1) is 5.73 Å². The van der Waals surface area contributed by atoms with E-state index in [1.54, 1.807) is 0 Å². The minimum Gasteiger partial charge on any atom is -0.370 e. The summed E-state index contributed by atoms with van der Waals surface area (Å²) < 4.78 is 7.47. The predicted molar refractivity (Wildman–Crippen MR) is 135 cm³/mol. The van der Waals surface area contributed by atoms with E-state index in [9.17, 15) is 9.59 Å². The number of quaternary nitrogens is 1. The first-order chi connectivity index (χ1) is 17.0. The minimum absolute atomic E-state index is 0.0846. The van der Waals surface area contributed by atoms with Gasteiger partial charge in [0.15, 0.2) is 5.82 Å². The number of carbonyl (C=O) groups excluding carboxylic acids is 2. The van der Waals surface area contributed by atoms with Crippen molar-refractivity contribution in [1.29, 1.82) is 0 Å². The van der Waals surface area contributed by atoms with E-state index in [0.29, 0.717) is 58.2 Å². The van der Waals surface area contributed by atoms with Crippen LogP contribution in [-0.4, -0.2) is 78.2 Å². The molecule has 2 fully saturated rings. The molecule has 0 aliphatic carbocycles. The van der Waals surface area contributed by atoms with Crippen molar-refractivity contribution in [3.05, 3.63) is 48.5 Å². The third-order valence-corrected chi connectivity index (χ3v) is 7.02. The van der Waals surface area contributed by atoms with Crippen LogP contribution in [0.3, 0.4) is 0 Å². The Kier molecular flexibility index (Phi) is 8.52. The van der Waals surface area contributed by atoms with Gasteiger partial charge in [0.05, 0.1) is 30.2 Å². The van der Waals surface area contributed by atoms with Crippen molar-refractivity contribution in [2.45, 2.75) is 39.3 Å². The van der Waals surface area contributed by atoms with Gasteiger partial charge in [-0.1, -0.05) is 32.6 Å². The number of piperidine rings is 1. The molecular formula is C27H38N5O3+. The number of morpholine rings is 1. The van der Waals surface area contributed by atoms with Crippen molar-refractivity contribution in [1.82, 2.24) is 19.8 Å². The van der Waals surface area contributed by atoms with Gasteiger partial charge in [0, 0.05) is 32.2 Å². The molecule has 2 aliphatic rings. The van der Waals surface area contributed by atoms with Crippen molar-refractivity contribution in [2.75, 3.05) is 45.9 Å². The average Bonchev–Trinajstić information content (AvgIpc) is 3.26. The van der Waals surface area contributed by atoms with E-state index in [2.05, 4.69) is 31.5 Å². The zero-order chi connectivity index (χ0) is 24.8. The van der Waals surface area contributed by atoms with Gasteiger partial charge in [-0.05, 0) is 37.0 Å². The van der Waals surface area contributed by atoms with Gasteiger partial charge in [0.1, 0.15) is 13.1 Å². The van der Waals surface area contributed by atoms with Crippen molar-refractivity contribution in [3.63, 3.8) is 0 Å². The minimum atomic E-state index is -0.128. The third kappa shape index (κ3) is 5.73.